The zero-order valence-electron chi connectivity index (χ0n) is 7.33. The number of rotatable bonds is 5. The van der Waals surface area contributed by atoms with Gasteiger partial charge in [-0.05, 0) is 6.26 Å². The Morgan fingerprint density at radius 1 is 1.58 bits per heavy atom. The highest BCUT2D eigenvalue weighted by Crippen LogP contribution is 1.94. The van der Waals surface area contributed by atoms with Gasteiger partial charge in [0.2, 0.25) is 5.89 Å². The van der Waals surface area contributed by atoms with Gasteiger partial charge < -0.3 is 9.84 Å². The van der Waals surface area contributed by atoms with Crippen molar-refractivity contribution in [3.8, 4) is 0 Å². The topological polar surface area (TPSA) is 51.0 Å². The summed E-state index contributed by atoms with van der Waals surface area (Å²) in [7, 11) is 0. The number of aromatic nitrogens is 2. The molecule has 0 fully saturated rings. The summed E-state index contributed by atoms with van der Waals surface area (Å²) in [4.78, 5) is 4.06. The lowest BCUT2D eigenvalue weighted by molar-refractivity contribution is 0.386. The van der Waals surface area contributed by atoms with Crippen LogP contribution in [0.4, 0.5) is 0 Å². The van der Waals surface area contributed by atoms with E-state index >= 15 is 0 Å². The van der Waals surface area contributed by atoms with E-state index in [1.54, 1.807) is 6.92 Å². The molecule has 12 heavy (non-hydrogen) atoms. The lowest BCUT2D eigenvalue weighted by Crippen LogP contribution is -2.17. The Morgan fingerprint density at radius 3 is 3.00 bits per heavy atom. The standard InChI is InChI=1S/C7H13N3OS/c1-6-9-7(10-11-6)5-8-3-4-12-2/h8H,3-5H2,1-2H3. The molecule has 0 unspecified atom stereocenters. The van der Waals surface area contributed by atoms with Crippen molar-refractivity contribution < 1.29 is 4.52 Å². The van der Waals surface area contributed by atoms with Crippen LogP contribution in [0.15, 0.2) is 4.52 Å². The average Bonchev–Trinajstić information content (AvgIpc) is 2.45. The summed E-state index contributed by atoms with van der Waals surface area (Å²) in [6.45, 7) is 3.46. The van der Waals surface area contributed by atoms with Crippen LogP contribution in [0.25, 0.3) is 0 Å². The van der Waals surface area contributed by atoms with Gasteiger partial charge in [0.1, 0.15) is 0 Å². The summed E-state index contributed by atoms with van der Waals surface area (Å²) in [6.07, 6.45) is 2.08. The summed E-state index contributed by atoms with van der Waals surface area (Å²) in [5.41, 5.74) is 0. The van der Waals surface area contributed by atoms with E-state index in [2.05, 4.69) is 21.7 Å². The summed E-state index contributed by atoms with van der Waals surface area (Å²) in [5.74, 6) is 2.46. The molecule has 1 aromatic rings. The zero-order chi connectivity index (χ0) is 8.81. The number of nitrogens with zero attached hydrogens (tertiary/aromatic N) is 2. The van der Waals surface area contributed by atoms with E-state index in [0.717, 1.165) is 18.1 Å². The molecule has 0 spiro atoms. The predicted molar refractivity (Wildman–Crippen MR) is 49.1 cm³/mol. The van der Waals surface area contributed by atoms with Crippen LogP contribution in [0.2, 0.25) is 0 Å². The molecule has 0 radical (unpaired) electrons. The Hall–Kier alpha value is -0.550. The van der Waals surface area contributed by atoms with Crippen molar-refractivity contribution in [2.45, 2.75) is 13.5 Å². The number of thioether (sulfide) groups is 1. The van der Waals surface area contributed by atoms with E-state index < -0.39 is 0 Å². The van der Waals surface area contributed by atoms with Crippen molar-refractivity contribution in [1.82, 2.24) is 15.5 Å². The van der Waals surface area contributed by atoms with Crippen molar-refractivity contribution in [2.75, 3.05) is 18.6 Å². The molecule has 0 aromatic carbocycles. The molecule has 1 rings (SSSR count). The van der Waals surface area contributed by atoms with E-state index in [9.17, 15) is 0 Å². The summed E-state index contributed by atoms with van der Waals surface area (Å²) >= 11 is 1.82. The molecule has 0 bridgehead atoms. The van der Waals surface area contributed by atoms with Gasteiger partial charge in [0, 0.05) is 19.2 Å². The van der Waals surface area contributed by atoms with Crippen molar-refractivity contribution in [3.63, 3.8) is 0 Å². The molecule has 0 aliphatic carbocycles. The second kappa shape index (κ2) is 5.16. The van der Waals surface area contributed by atoms with Crippen molar-refractivity contribution in [1.29, 1.82) is 0 Å². The maximum atomic E-state index is 4.82. The lowest BCUT2D eigenvalue weighted by atomic mass is 10.6. The average molecular weight is 187 g/mol. The van der Waals surface area contributed by atoms with Crippen molar-refractivity contribution in [3.05, 3.63) is 11.7 Å². The minimum atomic E-state index is 0.622. The zero-order valence-corrected chi connectivity index (χ0v) is 8.15. The molecule has 0 saturated heterocycles. The molecule has 0 aliphatic heterocycles. The third kappa shape index (κ3) is 3.23. The molecule has 5 heteroatoms. The molecule has 68 valence electrons. The van der Waals surface area contributed by atoms with E-state index in [-0.39, 0.29) is 0 Å². The van der Waals surface area contributed by atoms with E-state index in [1.165, 1.54) is 0 Å². The van der Waals surface area contributed by atoms with Crippen LogP contribution in [0.3, 0.4) is 0 Å². The van der Waals surface area contributed by atoms with Gasteiger partial charge in [-0.1, -0.05) is 5.16 Å². The number of nitrogens with one attached hydrogen (secondary N) is 1. The second-order valence-corrected chi connectivity index (χ2v) is 3.38. The van der Waals surface area contributed by atoms with Gasteiger partial charge in [-0.25, -0.2) is 0 Å². The van der Waals surface area contributed by atoms with Gasteiger partial charge in [-0.15, -0.1) is 0 Å². The molecule has 0 atom stereocenters. The first-order chi connectivity index (χ1) is 5.83. The van der Waals surface area contributed by atoms with Crippen LogP contribution in [-0.2, 0) is 6.54 Å². The first kappa shape index (κ1) is 9.54. The maximum Gasteiger partial charge on any atom is 0.223 e. The van der Waals surface area contributed by atoms with Crippen LogP contribution >= 0.6 is 11.8 Å². The Labute approximate surface area is 76.1 Å². The predicted octanol–water partition coefficient (Wildman–Crippen LogP) is 0.831. The van der Waals surface area contributed by atoms with Crippen molar-refractivity contribution in [2.24, 2.45) is 0 Å². The van der Waals surface area contributed by atoms with Gasteiger partial charge in [-0.3, -0.25) is 0 Å². The second-order valence-electron chi connectivity index (χ2n) is 2.40. The third-order valence-corrected chi connectivity index (χ3v) is 1.95. The molecule has 1 N–H and O–H groups in total. The van der Waals surface area contributed by atoms with Crippen LogP contribution in [0.1, 0.15) is 11.7 Å². The lowest BCUT2D eigenvalue weighted by Gasteiger charge is -1.97. The van der Waals surface area contributed by atoms with Crippen LogP contribution in [-0.4, -0.2) is 28.7 Å². The van der Waals surface area contributed by atoms with E-state index in [0.29, 0.717) is 12.4 Å². The largest absolute Gasteiger partial charge is 0.340 e. The smallest absolute Gasteiger partial charge is 0.223 e. The Balaban J connectivity index is 2.15. The first-order valence-electron chi connectivity index (χ1n) is 3.82. The van der Waals surface area contributed by atoms with Gasteiger partial charge in [0.15, 0.2) is 5.82 Å². The van der Waals surface area contributed by atoms with Crippen LogP contribution < -0.4 is 5.32 Å². The molecule has 0 aliphatic rings. The maximum absolute atomic E-state index is 4.82. The van der Waals surface area contributed by atoms with Gasteiger partial charge >= 0.3 is 0 Å². The molecular formula is C7H13N3OS. The van der Waals surface area contributed by atoms with Crippen LogP contribution in [0.5, 0.6) is 0 Å². The summed E-state index contributed by atoms with van der Waals surface area (Å²) in [5, 5.41) is 6.97. The highest BCUT2D eigenvalue weighted by molar-refractivity contribution is 7.98. The molecule has 0 amide bonds. The fraction of sp³-hybridized carbons (Fsp3) is 0.714. The highest BCUT2D eigenvalue weighted by atomic mass is 32.2. The first-order valence-corrected chi connectivity index (χ1v) is 5.21. The van der Waals surface area contributed by atoms with Gasteiger partial charge in [0.25, 0.3) is 0 Å². The van der Waals surface area contributed by atoms with E-state index in [4.69, 9.17) is 4.52 Å². The normalized spacial score (nSPS) is 10.5. The molecular weight excluding hydrogens is 174 g/mol. The highest BCUT2D eigenvalue weighted by Gasteiger charge is 1.99. The Morgan fingerprint density at radius 2 is 2.42 bits per heavy atom. The number of aryl methyl sites for hydroxylation is 1. The molecule has 0 saturated carbocycles. The fourth-order valence-electron chi connectivity index (χ4n) is 0.788. The Kier molecular flexibility index (Phi) is 4.10. The fourth-order valence-corrected chi connectivity index (χ4v) is 1.14. The van der Waals surface area contributed by atoms with Crippen LogP contribution in [0, 0.1) is 6.92 Å². The SMILES string of the molecule is CSCCNCc1noc(C)n1. The molecule has 1 heterocycles. The third-order valence-electron chi connectivity index (χ3n) is 1.34. The van der Waals surface area contributed by atoms with Gasteiger partial charge in [-0.2, -0.15) is 16.7 Å². The Bertz CT molecular complexity index is 226. The number of hydrogen-bond donors (Lipinski definition) is 1. The van der Waals surface area contributed by atoms with E-state index in [1.807, 2.05) is 11.8 Å². The monoisotopic (exact) mass is 187 g/mol. The summed E-state index contributed by atoms with van der Waals surface area (Å²) in [6, 6.07) is 0. The summed E-state index contributed by atoms with van der Waals surface area (Å²) < 4.78 is 4.82. The van der Waals surface area contributed by atoms with Crippen molar-refractivity contribution >= 4 is 11.8 Å². The minimum Gasteiger partial charge on any atom is -0.340 e. The minimum absolute atomic E-state index is 0.622. The molecule has 1 aromatic heterocycles. The number of hydrogen-bond acceptors (Lipinski definition) is 5. The quantitative estimate of drug-likeness (QED) is 0.692. The van der Waals surface area contributed by atoms with Gasteiger partial charge in [0.05, 0.1) is 6.54 Å². The molecule has 4 nitrogen and oxygen atoms in total.